The predicted molar refractivity (Wildman–Crippen MR) is 62.8 cm³/mol. The highest BCUT2D eigenvalue weighted by molar-refractivity contribution is 5.76. The Morgan fingerprint density at radius 2 is 1.50 bits per heavy atom. The van der Waals surface area contributed by atoms with E-state index in [4.69, 9.17) is 5.41 Å². The Hall–Kier alpha value is -0.730. The third kappa shape index (κ3) is 5.10. The summed E-state index contributed by atoms with van der Waals surface area (Å²) in [6.07, 6.45) is 4.79. The van der Waals surface area contributed by atoms with Crippen LogP contribution in [-0.2, 0) is 0 Å². The molecule has 0 saturated heterocycles. The lowest BCUT2D eigenvalue weighted by molar-refractivity contribution is 0.375. The van der Waals surface area contributed by atoms with Crippen LogP contribution in [-0.4, -0.2) is 42.9 Å². The van der Waals surface area contributed by atoms with Gasteiger partial charge in [-0.25, -0.2) is 0 Å². The van der Waals surface area contributed by atoms with Gasteiger partial charge in [0.1, 0.15) is 0 Å². The van der Waals surface area contributed by atoms with Gasteiger partial charge in [-0.3, -0.25) is 5.41 Å². The molecule has 0 atom stereocenters. The van der Waals surface area contributed by atoms with E-state index in [1.165, 1.54) is 19.3 Å². The molecule has 0 unspecified atom stereocenters. The number of nitrogens with zero attached hydrogens (tertiary/aromatic N) is 2. The SMILES string of the molecule is CCCCCN(C)C(=N)N(C)CCC. The summed E-state index contributed by atoms with van der Waals surface area (Å²) in [6.45, 7) is 6.31. The second-order valence-electron chi connectivity index (χ2n) is 3.87. The number of hydrogen-bond donors (Lipinski definition) is 1. The maximum atomic E-state index is 7.89. The summed E-state index contributed by atoms with van der Waals surface area (Å²) in [5, 5.41) is 7.89. The van der Waals surface area contributed by atoms with Gasteiger partial charge in [-0.15, -0.1) is 0 Å². The number of rotatable bonds is 6. The second kappa shape index (κ2) is 7.65. The molecule has 0 bridgehead atoms. The Balaban J connectivity index is 3.74. The summed E-state index contributed by atoms with van der Waals surface area (Å²) < 4.78 is 0. The number of guanidine groups is 1. The van der Waals surface area contributed by atoms with Crippen LogP contribution >= 0.6 is 0 Å². The van der Waals surface area contributed by atoms with E-state index in [1.807, 2.05) is 23.9 Å². The summed E-state index contributed by atoms with van der Waals surface area (Å²) in [5.74, 6) is 0.642. The maximum absolute atomic E-state index is 7.89. The normalized spacial score (nSPS) is 10.0. The van der Waals surface area contributed by atoms with Gasteiger partial charge in [0.25, 0.3) is 0 Å². The van der Waals surface area contributed by atoms with Gasteiger partial charge in [-0.05, 0) is 12.8 Å². The monoisotopic (exact) mass is 199 g/mol. The molecule has 3 nitrogen and oxygen atoms in total. The Bertz CT molecular complexity index is 157. The first-order valence-corrected chi connectivity index (χ1v) is 5.64. The Morgan fingerprint density at radius 1 is 0.929 bits per heavy atom. The molecular formula is C11H25N3. The minimum atomic E-state index is 0.642. The van der Waals surface area contributed by atoms with Crippen molar-refractivity contribution in [3.05, 3.63) is 0 Å². The van der Waals surface area contributed by atoms with Gasteiger partial charge in [0, 0.05) is 27.2 Å². The van der Waals surface area contributed by atoms with Crippen molar-refractivity contribution in [1.29, 1.82) is 5.41 Å². The van der Waals surface area contributed by atoms with Crippen LogP contribution in [0.2, 0.25) is 0 Å². The van der Waals surface area contributed by atoms with E-state index in [9.17, 15) is 0 Å². The summed E-state index contributed by atoms with van der Waals surface area (Å²) in [5.41, 5.74) is 0. The zero-order chi connectivity index (χ0) is 11.0. The topological polar surface area (TPSA) is 30.3 Å². The zero-order valence-electron chi connectivity index (χ0n) is 10.1. The van der Waals surface area contributed by atoms with E-state index in [1.54, 1.807) is 0 Å². The molecule has 0 aliphatic rings. The quantitative estimate of drug-likeness (QED) is 0.404. The van der Waals surface area contributed by atoms with Crippen molar-refractivity contribution in [2.24, 2.45) is 0 Å². The standard InChI is InChI=1S/C11H25N3/c1-5-7-8-10-14(4)11(12)13(3)9-6-2/h12H,5-10H2,1-4H3. The van der Waals surface area contributed by atoms with Crippen LogP contribution in [0.5, 0.6) is 0 Å². The first-order valence-electron chi connectivity index (χ1n) is 5.64. The molecule has 3 heteroatoms. The zero-order valence-corrected chi connectivity index (χ0v) is 10.1. The molecule has 0 aliphatic carbocycles. The molecule has 0 rings (SSSR count). The van der Waals surface area contributed by atoms with E-state index < -0.39 is 0 Å². The van der Waals surface area contributed by atoms with Crippen LogP contribution in [0.15, 0.2) is 0 Å². The molecule has 0 heterocycles. The van der Waals surface area contributed by atoms with Crippen molar-refractivity contribution in [2.45, 2.75) is 39.5 Å². The van der Waals surface area contributed by atoms with Crippen molar-refractivity contribution in [3.63, 3.8) is 0 Å². The van der Waals surface area contributed by atoms with Crippen molar-refractivity contribution < 1.29 is 0 Å². The Morgan fingerprint density at radius 3 is 2.00 bits per heavy atom. The van der Waals surface area contributed by atoms with Gasteiger partial charge in [0.2, 0.25) is 0 Å². The molecule has 14 heavy (non-hydrogen) atoms. The molecule has 0 radical (unpaired) electrons. The van der Waals surface area contributed by atoms with Gasteiger partial charge >= 0.3 is 0 Å². The molecule has 0 fully saturated rings. The lowest BCUT2D eigenvalue weighted by Crippen LogP contribution is -2.40. The van der Waals surface area contributed by atoms with Crippen LogP contribution in [0.3, 0.4) is 0 Å². The predicted octanol–water partition coefficient (Wildman–Crippen LogP) is 2.38. The van der Waals surface area contributed by atoms with E-state index in [2.05, 4.69) is 13.8 Å². The van der Waals surface area contributed by atoms with Gasteiger partial charge in [0.15, 0.2) is 5.96 Å². The first-order chi connectivity index (χ1) is 6.63. The van der Waals surface area contributed by atoms with E-state index in [0.717, 1.165) is 19.5 Å². The van der Waals surface area contributed by atoms with E-state index in [0.29, 0.717) is 5.96 Å². The van der Waals surface area contributed by atoms with Crippen molar-refractivity contribution in [1.82, 2.24) is 9.80 Å². The molecule has 0 aliphatic heterocycles. The summed E-state index contributed by atoms with van der Waals surface area (Å²) >= 11 is 0. The van der Waals surface area contributed by atoms with Crippen LogP contribution < -0.4 is 0 Å². The van der Waals surface area contributed by atoms with Crippen LogP contribution in [0.1, 0.15) is 39.5 Å². The third-order valence-corrected chi connectivity index (χ3v) is 2.38. The van der Waals surface area contributed by atoms with Crippen molar-refractivity contribution >= 4 is 5.96 Å². The second-order valence-corrected chi connectivity index (χ2v) is 3.87. The van der Waals surface area contributed by atoms with Crippen LogP contribution in [0.25, 0.3) is 0 Å². The van der Waals surface area contributed by atoms with Crippen LogP contribution in [0.4, 0.5) is 0 Å². The molecule has 0 aromatic carbocycles. The highest BCUT2D eigenvalue weighted by Gasteiger charge is 2.07. The van der Waals surface area contributed by atoms with E-state index in [-0.39, 0.29) is 0 Å². The van der Waals surface area contributed by atoms with Gasteiger partial charge in [0.05, 0.1) is 0 Å². The number of nitrogens with one attached hydrogen (secondary N) is 1. The molecule has 0 aromatic rings. The Labute approximate surface area is 88.6 Å². The largest absolute Gasteiger partial charge is 0.346 e. The molecule has 1 N–H and O–H groups in total. The van der Waals surface area contributed by atoms with Crippen molar-refractivity contribution in [2.75, 3.05) is 27.2 Å². The summed E-state index contributed by atoms with van der Waals surface area (Å²) in [6, 6.07) is 0. The number of hydrogen-bond acceptors (Lipinski definition) is 1. The summed E-state index contributed by atoms with van der Waals surface area (Å²) in [4.78, 5) is 4.04. The van der Waals surface area contributed by atoms with Gasteiger partial charge in [-0.2, -0.15) is 0 Å². The smallest absolute Gasteiger partial charge is 0.193 e. The lowest BCUT2D eigenvalue weighted by atomic mass is 10.2. The minimum absolute atomic E-state index is 0.642. The fourth-order valence-electron chi connectivity index (χ4n) is 1.44. The fraction of sp³-hybridized carbons (Fsp3) is 0.909. The average Bonchev–Trinajstić information content (AvgIpc) is 2.17. The number of unbranched alkanes of at least 4 members (excludes halogenated alkanes) is 2. The minimum Gasteiger partial charge on any atom is -0.346 e. The Kier molecular flexibility index (Phi) is 7.25. The third-order valence-electron chi connectivity index (χ3n) is 2.38. The molecule has 0 saturated carbocycles. The lowest BCUT2D eigenvalue weighted by Gasteiger charge is -2.27. The molecular weight excluding hydrogens is 174 g/mol. The molecule has 0 amide bonds. The van der Waals surface area contributed by atoms with Gasteiger partial charge in [-0.1, -0.05) is 26.7 Å². The van der Waals surface area contributed by atoms with Crippen molar-refractivity contribution in [3.8, 4) is 0 Å². The highest BCUT2D eigenvalue weighted by atomic mass is 15.3. The maximum Gasteiger partial charge on any atom is 0.193 e. The first kappa shape index (κ1) is 13.3. The van der Waals surface area contributed by atoms with Gasteiger partial charge < -0.3 is 9.80 Å². The van der Waals surface area contributed by atoms with E-state index >= 15 is 0 Å². The molecule has 84 valence electrons. The summed E-state index contributed by atoms with van der Waals surface area (Å²) in [7, 11) is 3.99. The highest BCUT2D eigenvalue weighted by Crippen LogP contribution is 1.99. The van der Waals surface area contributed by atoms with Crippen LogP contribution in [0, 0.1) is 5.41 Å². The fourth-order valence-corrected chi connectivity index (χ4v) is 1.44. The molecule has 0 spiro atoms. The molecule has 0 aromatic heterocycles. The average molecular weight is 199 g/mol.